The van der Waals surface area contributed by atoms with E-state index in [2.05, 4.69) is 20.5 Å². The lowest BCUT2D eigenvalue weighted by Crippen LogP contribution is -2.14. The number of para-hydroxylation sites is 1. The van der Waals surface area contributed by atoms with Crippen molar-refractivity contribution >= 4 is 23.3 Å². The number of aromatic nitrogens is 1. The summed E-state index contributed by atoms with van der Waals surface area (Å²) in [7, 11) is 0. The Morgan fingerprint density at radius 1 is 1.16 bits per heavy atom. The molecule has 1 heterocycles. The fourth-order valence-corrected chi connectivity index (χ4v) is 2.79. The summed E-state index contributed by atoms with van der Waals surface area (Å²) in [5.74, 6) is 0. The minimum atomic E-state index is -0.434. The number of hydrogen-bond acceptors (Lipinski definition) is 5. The maximum atomic E-state index is 11.9. The van der Waals surface area contributed by atoms with Crippen molar-refractivity contribution in [1.82, 2.24) is 4.98 Å². The summed E-state index contributed by atoms with van der Waals surface area (Å²) >= 11 is 0. The molecule has 0 spiro atoms. The van der Waals surface area contributed by atoms with Crippen molar-refractivity contribution < 1.29 is 0 Å². The van der Waals surface area contributed by atoms with Gasteiger partial charge in [-0.15, -0.1) is 0 Å². The van der Waals surface area contributed by atoms with Crippen LogP contribution in [0, 0.1) is 11.3 Å². The SMILES string of the molecule is N#Cc1c(Nc2ccccc2)c(C=NN=C2CCCCC2)c[nH]c1=O. The molecule has 3 rings (SSSR count). The number of nitrogens with one attached hydrogen (secondary N) is 2. The number of anilines is 2. The summed E-state index contributed by atoms with van der Waals surface area (Å²) in [6, 6.07) is 11.4. The van der Waals surface area contributed by atoms with Gasteiger partial charge < -0.3 is 10.3 Å². The first-order valence-electron chi connectivity index (χ1n) is 8.34. The van der Waals surface area contributed by atoms with Crippen LogP contribution in [0.1, 0.15) is 43.2 Å². The predicted molar refractivity (Wildman–Crippen MR) is 99.6 cm³/mol. The van der Waals surface area contributed by atoms with Crippen LogP contribution in [0.25, 0.3) is 0 Å². The molecule has 0 bridgehead atoms. The Morgan fingerprint density at radius 3 is 2.64 bits per heavy atom. The largest absolute Gasteiger partial charge is 0.354 e. The highest BCUT2D eigenvalue weighted by Gasteiger charge is 2.12. The third-order valence-corrected chi connectivity index (χ3v) is 4.11. The highest BCUT2D eigenvalue weighted by atomic mass is 16.1. The van der Waals surface area contributed by atoms with Crippen LogP contribution in [0.3, 0.4) is 0 Å². The number of benzene rings is 1. The van der Waals surface area contributed by atoms with Gasteiger partial charge in [-0.25, -0.2) is 0 Å². The van der Waals surface area contributed by atoms with E-state index in [0.717, 1.165) is 37.1 Å². The fourth-order valence-electron chi connectivity index (χ4n) is 2.79. The molecule has 0 aliphatic heterocycles. The molecule has 1 aliphatic carbocycles. The Balaban J connectivity index is 1.93. The topological polar surface area (TPSA) is 93.4 Å². The summed E-state index contributed by atoms with van der Waals surface area (Å²) in [4.78, 5) is 14.5. The highest BCUT2D eigenvalue weighted by molar-refractivity contribution is 5.91. The van der Waals surface area contributed by atoms with Crippen LogP contribution in [0.5, 0.6) is 0 Å². The van der Waals surface area contributed by atoms with Crippen molar-refractivity contribution in [3.8, 4) is 6.07 Å². The number of H-pyrrole nitrogens is 1. The zero-order valence-electron chi connectivity index (χ0n) is 13.8. The number of nitrogens with zero attached hydrogens (tertiary/aromatic N) is 3. The molecule has 0 atom stereocenters. The lowest BCUT2D eigenvalue weighted by atomic mass is 9.99. The molecule has 1 aliphatic rings. The van der Waals surface area contributed by atoms with Gasteiger partial charge >= 0.3 is 0 Å². The van der Waals surface area contributed by atoms with Gasteiger partial charge in [0.1, 0.15) is 11.6 Å². The molecule has 1 fully saturated rings. The van der Waals surface area contributed by atoms with Crippen LogP contribution >= 0.6 is 0 Å². The number of aromatic amines is 1. The van der Waals surface area contributed by atoms with Gasteiger partial charge in [-0.1, -0.05) is 24.6 Å². The van der Waals surface area contributed by atoms with Crippen molar-refractivity contribution in [1.29, 1.82) is 5.26 Å². The maximum absolute atomic E-state index is 11.9. The van der Waals surface area contributed by atoms with Gasteiger partial charge in [-0.3, -0.25) is 4.79 Å². The van der Waals surface area contributed by atoms with Crippen LogP contribution in [0.15, 0.2) is 51.5 Å². The van der Waals surface area contributed by atoms with Crippen molar-refractivity contribution in [3.63, 3.8) is 0 Å². The Morgan fingerprint density at radius 2 is 1.92 bits per heavy atom. The second kappa shape index (κ2) is 8.06. The van der Waals surface area contributed by atoms with Crippen molar-refractivity contribution in [2.24, 2.45) is 10.2 Å². The molecule has 6 nitrogen and oxygen atoms in total. The van der Waals surface area contributed by atoms with E-state index in [0.29, 0.717) is 11.3 Å². The van der Waals surface area contributed by atoms with Crippen molar-refractivity contribution in [2.75, 3.05) is 5.32 Å². The summed E-state index contributed by atoms with van der Waals surface area (Å²) in [5.41, 5.74) is 2.53. The third kappa shape index (κ3) is 4.21. The number of pyridine rings is 1. The Labute approximate surface area is 145 Å². The van der Waals surface area contributed by atoms with Crippen LogP contribution in [0.2, 0.25) is 0 Å². The first-order chi connectivity index (χ1) is 12.3. The number of nitriles is 1. The normalized spacial score (nSPS) is 14.3. The highest BCUT2D eigenvalue weighted by Crippen LogP contribution is 2.21. The molecular formula is C19H19N5O. The molecule has 2 aromatic rings. The van der Waals surface area contributed by atoms with E-state index in [9.17, 15) is 10.1 Å². The van der Waals surface area contributed by atoms with Crippen LogP contribution < -0.4 is 10.9 Å². The van der Waals surface area contributed by atoms with Crippen LogP contribution in [0.4, 0.5) is 11.4 Å². The standard InChI is InChI=1S/C19H19N5O/c20-11-17-18(23-15-7-3-1-4-8-15)14(12-21-19(17)25)13-22-24-16-9-5-2-6-10-16/h1,3-4,7-8,12-13H,2,5-6,9-10H2,(H2,21,23,25). The van der Waals surface area contributed by atoms with E-state index in [1.54, 1.807) is 12.4 Å². The fraction of sp³-hybridized carbons (Fsp3) is 0.263. The predicted octanol–water partition coefficient (Wildman–Crippen LogP) is 3.73. The second-order valence-electron chi connectivity index (χ2n) is 5.90. The molecule has 6 heteroatoms. The molecule has 1 aromatic carbocycles. The van der Waals surface area contributed by atoms with E-state index in [1.165, 1.54) is 6.42 Å². The summed E-state index contributed by atoms with van der Waals surface area (Å²) in [6.07, 6.45) is 8.66. The second-order valence-corrected chi connectivity index (χ2v) is 5.90. The lowest BCUT2D eigenvalue weighted by molar-refractivity contribution is 0.664. The van der Waals surface area contributed by atoms with Gasteiger partial charge in [-0.2, -0.15) is 15.5 Å². The number of rotatable bonds is 4. The molecule has 1 aromatic heterocycles. The molecule has 0 saturated heterocycles. The average Bonchev–Trinajstić information content (AvgIpc) is 2.65. The van der Waals surface area contributed by atoms with E-state index in [4.69, 9.17) is 0 Å². The van der Waals surface area contributed by atoms with Gasteiger partial charge in [-0.05, 0) is 37.8 Å². The molecule has 0 radical (unpaired) electrons. The molecule has 1 saturated carbocycles. The maximum Gasteiger partial charge on any atom is 0.268 e. The molecule has 2 N–H and O–H groups in total. The molecule has 126 valence electrons. The molecule has 25 heavy (non-hydrogen) atoms. The van der Waals surface area contributed by atoms with Crippen LogP contribution in [-0.4, -0.2) is 16.9 Å². The van der Waals surface area contributed by atoms with Crippen molar-refractivity contribution in [3.05, 3.63) is 58.0 Å². The van der Waals surface area contributed by atoms with Crippen molar-refractivity contribution in [2.45, 2.75) is 32.1 Å². The van der Waals surface area contributed by atoms with Gasteiger partial charge in [0.2, 0.25) is 0 Å². The average molecular weight is 333 g/mol. The number of hydrogen-bond donors (Lipinski definition) is 2. The molecular weight excluding hydrogens is 314 g/mol. The molecule has 0 amide bonds. The lowest BCUT2D eigenvalue weighted by Gasteiger charge is -2.11. The summed E-state index contributed by atoms with van der Waals surface area (Å²) < 4.78 is 0. The van der Waals surface area contributed by atoms with Gasteiger partial charge in [0, 0.05) is 23.2 Å². The minimum Gasteiger partial charge on any atom is -0.354 e. The van der Waals surface area contributed by atoms with Gasteiger partial charge in [0.15, 0.2) is 0 Å². The third-order valence-electron chi connectivity index (χ3n) is 4.11. The van der Waals surface area contributed by atoms with E-state index >= 15 is 0 Å². The van der Waals surface area contributed by atoms with E-state index < -0.39 is 5.56 Å². The monoisotopic (exact) mass is 333 g/mol. The Bertz CT molecular complexity index is 882. The van der Waals surface area contributed by atoms with E-state index in [1.807, 2.05) is 36.4 Å². The van der Waals surface area contributed by atoms with Crippen LogP contribution in [-0.2, 0) is 0 Å². The first kappa shape index (κ1) is 16.7. The quantitative estimate of drug-likeness (QED) is 0.659. The Hall–Kier alpha value is -3.20. The zero-order chi connectivity index (χ0) is 17.5. The van der Waals surface area contributed by atoms with Gasteiger partial charge in [0.25, 0.3) is 5.56 Å². The smallest absolute Gasteiger partial charge is 0.268 e. The Kier molecular flexibility index (Phi) is 5.37. The van der Waals surface area contributed by atoms with Gasteiger partial charge in [0.05, 0.1) is 11.9 Å². The minimum absolute atomic E-state index is 0.0260. The summed E-state index contributed by atoms with van der Waals surface area (Å²) in [6.45, 7) is 0. The first-order valence-corrected chi connectivity index (χ1v) is 8.34. The summed E-state index contributed by atoms with van der Waals surface area (Å²) in [5, 5.41) is 20.9. The zero-order valence-corrected chi connectivity index (χ0v) is 13.8. The molecule has 0 unspecified atom stereocenters. The van der Waals surface area contributed by atoms with E-state index in [-0.39, 0.29) is 5.56 Å².